The van der Waals surface area contributed by atoms with E-state index < -0.39 is 21.3 Å². The average Bonchev–Trinajstić information content (AvgIpc) is 2.83. The van der Waals surface area contributed by atoms with E-state index >= 15 is 0 Å². The molecule has 3 aromatic rings. The lowest BCUT2D eigenvalue weighted by molar-refractivity contribution is -0.128. The molecule has 35 heavy (non-hydrogen) atoms. The second-order valence-corrected chi connectivity index (χ2v) is 11.5. The molecule has 1 fully saturated rings. The standard InChI is InChI=1S/C27H27N3O3S2/c1-27(2)24(19-12-14-23(15-13-19)35(3,32)33)30(26(34)29-21-9-5-4-6-10-21)18-20(25(27)31)17-22-11-7-8-16-28-22/h4-17,24H,18H2,1-3H3,(H,29,34)/b20-17+. The minimum Gasteiger partial charge on any atom is -0.337 e. The van der Waals surface area contributed by atoms with Crippen molar-refractivity contribution in [2.75, 3.05) is 18.1 Å². The van der Waals surface area contributed by atoms with Crippen LogP contribution in [0.25, 0.3) is 6.08 Å². The second kappa shape index (κ2) is 9.71. The lowest BCUT2D eigenvalue weighted by atomic mass is 9.71. The van der Waals surface area contributed by atoms with Crippen molar-refractivity contribution in [3.63, 3.8) is 0 Å². The summed E-state index contributed by atoms with van der Waals surface area (Å²) in [5, 5.41) is 3.76. The molecule has 1 aromatic heterocycles. The van der Waals surface area contributed by atoms with E-state index in [-0.39, 0.29) is 17.2 Å². The van der Waals surface area contributed by atoms with Crippen LogP contribution >= 0.6 is 12.2 Å². The topological polar surface area (TPSA) is 79.4 Å². The predicted molar refractivity (Wildman–Crippen MR) is 143 cm³/mol. The number of piperidine rings is 1. The first-order valence-electron chi connectivity index (χ1n) is 11.2. The molecule has 0 bridgehead atoms. The lowest BCUT2D eigenvalue weighted by Crippen LogP contribution is -2.53. The quantitative estimate of drug-likeness (QED) is 0.398. The number of thiocarbonyl (C=S) groups is 1. The zero-order valence-electron chi connectivity index (χ0n) is 19.8. The maximum Gasteiger partial charge on any atom is 0.175 e. The van der Waals surface area contributed by atoms with E-state index in [0.717, 1.165) is 11.3 Å². The number of pyridine rings is 1. The molecular formula is C27H27N3O3S2. The zero-order chi connectivity index (χ0) is 25.2. The molecule has 2 heterocycles. The Morgan fingerprint density at radius 1 is 1.06 bits per heavy atom. The Kier molecular flexibility index (Phi) is 6.87. The van der Waals surface area contributed by atoms with Gasteiger partial charge < -0.3 is 10.2 Å². The molecule has 4 rings (SSSR count). The molecule has 6 nitrogen and oxygen atoms in total. The number of anilines is 1. The van der Waals surface area contributed by atoms with Crippen LogP contribution < -0.4 is 5.32 Å². The summed E-state index contributed by atoms with van der Waals surface area (Å²) in [6, 6.07) is 21.5. The fourth-order valence-corrected chi connectivity index (χ4v) is 5.34. The Balaban J connectivity index is 1.78. The maximum atomic E-state index is 13.7. The van der Waals surface area contributed by atoms with Gasteiger partial charge in [0.05, 0.1) is 22.0 Å². The van der Waals surface area contributed by atoms with Gasteiger partial charge in [-0.05, 0) is 60.3 Å². The number of carbonyl (C=O) groups excluding carboxylic acids is 1. The van der Waals surface area contributed by atoms with Crippen molar-refractivity contribution in [3.8, 4) is 0 Å². The molecule has 0 aliphatic carbocycles. The van der Waals surface area contributed by atoms with Crippen molar-refractivity contribution in [1.29, 1.82) is 0 Å². The SMILES string of the molecule is CC1(C)C(=O)/C(=C/c2ccccn2)CN(C(=S)Nc2ccccc2)C1c1ccc(S(C)(=O)=O)cc1. The summed E-state index contributed by atoms with van der Waals surface area (Å²) in [4.78, 5) is 20.3. The fourth-order valence-electron chi connectivity index (χ4n) is 4.42. The first kappa shape index (κ1) is 24.8. The Bertz CT molecular complexity index is 1370. The van der Waals surface area contributed by atoms with Crippen LogP contribution in [0.1, 0.15) is 31.1 Å². The highest BCUT2D eigenvalue weighted by atomic mass is 32.2. The zero-order valence-corrected chi connectivity index (χ0v) is 21.4. The molecule has 0 spiro atoms. The molecule has 0 saturated carbocycles. The third-order valence-electron chi connectivity index (χ3n) is 6.13. The van der Waals surface area contributed by atoms with Crippen molar-refractivity contribution in [1.82, 2.24) is 9.88 Å². The predicted octanol–water partition coefficient (Wildman–Crippen LogP) is 4.92. The molecular weight excluding hydrogens is 478 g/mol. The summed E-state index contributed by atoms with van der Waals surface area (Å²) in [5.74, 6) is -0.000830. The number of carbonyl (C=O) groups is 1. The minimum absolute atomic E-state index is 0.000830. The van der Waals surface area contributed by atoms with E-state index in [1.54, 1.807) is 30.5 Å². The van der Waals surface area contributed by atoms with Crippen LogP contribution in [0.2, 0.25) is 0 Å². The average molecular weight is 506 g/mol. The van der Waals surface area contributed by atoms with Gasteiger partial charge in [-0.2, -0.15) is 0 Å². The number of hydrogen-bond donors (Lipinski definition) is 1. The Morgan fingerprint density at radius 2 is 1.71 bits per heavy atom. The number of Topliss-reactive ketones (excluding diaryl/α,β-unsaturated/α-hetero) is 1. The number of rotatable bonds is 4. The highest BCUT2D eigenvalue weighted by Gasteiger charge is 2.47. The summed E-state index contributed by atoms with van der Waals surface area (Å²) >= 11 is 5.84. The number of ketones is 1. The summed E-state index contributed by atoms with van der Waals surface area (Å²) in [7, 11) is -3.34. The Labute approximate surface area is 211 Å². The number of sulfone groups is 1. The molecule has 2 aromatic carbocycles. The van der Waals surface area contributed by atoms with Crippen molar-refractivity contribution in [3.05, 3.63) is 95.8 Å². The van der Waals surface area contributed by atoms with Crippen LogP contribution in [-0.2, 0) is 14.6 Å². The number of benzene rings is 2. The van der Waals surface area contributed by atoms with Gasteiger partial charge in [-0.3, -0.25) is 9.78 Å². The van der Waals surface area contributed by atoms with Gasteiger partial charge in [-0.15, -0.1) is 0 Å². The Hall–Kier alpha value is -3.36. The lowest BCUT2D eigenvalue weighted by Gasteiger charge is -2.47. The third kappa shape index (κ3) is 5.33. The van der Waals surface area contributed by atoms with E-state index in [0.29, 0.717) is 16.4 Å². The van der Waals surface area contributed by atoms with Crippen molar-refractivity contribution in [2.24, 2.45) is 5.41 Å². The highest BCUT2D eigenvalue weighted by molar-refractivity contribution is 7.90. The normalized spacial score (nSPS) is 18.9. The minimum atomic E-state index is -3.34. The van der Waals surface area contributed by atoms with Crippen LogP contribution in [0.3, 0.4) is 0 Å². The molecule has 1 aliphatic rings. The van der Waals surface area contributed by atoms with E-state index in [4.69, 9.17) is 12.2 Å². The molecule has 1 N–H and O–H groups in total. The van der Waals surface area contributed by atoms with Gasteiger partial charge >= 0.3 is 0 Å². The van der Waals surface area contributed by atoms with E-state index in [1.807, 2.05) is 73.4 Å². The van der Waals surface area contributed by atoms with E-state index in [9.17, 15) is 13.2 Å². The van der Waals surface area contributed by atoms with Gasteiger partial charge in [-0.1, -0.05) is 50.2 Å². The second-order valence-electron chi connectivity index (χ2n) is 9.14. The van der Waals surface area contributed by atoms with Crippen LogP contribution in [0.4, 0.5) is 5.69 Å². The first-order chi connectivity index (χ1) is 16.6. The van der Waals surface area contributed by atoms with Crippen molar-refractivity contribution in [2.45, 2.75) is 24.8 Å². The third-order valence-corrected chi connectivity index (χ3v) is 7.60. The molecule has 0 radical (unpaired) electrons. The molecule has 8 heteroatoms. The van der Waals surface area contributed by atoms with Gasteiger partial charge in [0.25, 0.3) is 0 Å². The first-order valence-corrected chi connectivity index (χ1v) is 13.5. The Morgan fingerprint density at radius 3 is 2.31 bits per heavy atom. The van der Waals surface area contributed by atoms with Crippen molar-refractivity contribution >= 4 is 44.7 Å². The van der Waals surface area contributed by atoms with Crippen LogP contribution in [0, 0.1) is 5.41 Å². The number of nitrogens with one attached hydrogen (secondary N) is 1. The van der Waals surface area contributed by atoms with E-state index in [1.165, 1.54) is 6.26 Å². The van der Waals surface area contributed by atoms with Gasteiger partial charge in [0, 0.05) is 30.3 Å². The smallest absolute Gasteiger partial charge is 0.175 e. The molecule has 1 aliphatic heterocycles. The van der Waals surface area contributed by atoms with Crippen LogP contribution in [0.5, 0.6) is 0 Å². The molecule has 0 amide bonds. The number of hydrogen-bond acceptors (Lipinski definition) is 5. The van der Waals surface area contributed by atoms with Crippen LogP contribution in [0.15, 0.2) is 89.5 Å². The monoisotopic (exact) mass is 505 g/mol. The molecule has 1 atom stereocenters. The number of para-hydroxylation sites is 1. The van der Waals surface area contributed by atoms with Crippen molar-refractivity contribution < 1.29 is 13.2 Å². The van der Waals surface area contributed by atoms with Gasteiger partial charge in [0.2, 0.25) is 0 Å². The summed E-state index contributed by atoms with van der Waals surface area (Å²) in [6.07, 6.45) is 4.68. The number of aromatic nitrogens is 1. The summed E-state index contributed by atoms with van der Waals surface area (Å²) in [5.41, 5.74) is 2.10. The largest absolute Gasteiger partial charge is 0.337 e. The fraction of sp³-hybridized carbons (Fsp3) is 0.222. The highest BCUT2D eigenvalue weighted by Crippen LogP contribution is 2.45. The van der Waals surface area contributed by atoms with Gasteiger partial charge in [-0.25, -0.2) is 8.42 Å². The van der Waals surface area contributed by atoms with Gasteiger partial charge in [0.1, 0.15) is 0 Å². The molecule has 1 saturated heterocycles. The summed E-state index contributed by atoms with van der Waals surface area (Å²) < 4.78 is 24.0. The molecule has 180 valence electrons. The van der Waals surface area contributed by atoms with Gasteiger partial charge in [0.15, 0.2) is 20.7 Å². The number of nitrogens with zero attached hydrogens (tertiary/aromatic N) is 2. The molecule has 1 unspecified atom stereocenters. The summed E-state index contributed by atoms with van der Waals surface area (Å²) in [6.45, 7) is 4.08. The maximum absolute atomic E-state index is 13.7. The number of likely N-dealkylation sites (tertiary alicyclic amines) is 1. The van der Waals surface area contributed by atoms with E-state index in [2.05, 4.69) is 10.3 Å². The van der Waals surface area contributed by atoms with Crippen LogP contribution in [-0.4, -0.2) is 42.0 Å².